The van der Waals surface area contributed by atoms with Gasteiger partial charge in [0.2, 0.25) is 0 Å². The van der Waals surface area contributed by atoms with E-state index in [1.807, 2.05) is 6.07 Å². The second-order valence-electron chi connectivity index (χ2n) is 6.10. The summed E-state index contributed by atoms with van der Waals surface area (Å²) in [6, 6.07) is 15.1. The van der Waals surface area contributed by atoms with Crippen LogP contribution < -0.4 is 0 Å². The first-order chi connectivity index (χ1) is 12.1. The van der Waals surface area contributed by atoms with Gasteiger partial charge in [-0.05, 0) is 42.7 Å². The Morgan fingerprint density at radius 3 is 2.24 bits per heavy atom. The van der Waals surface area contributed by atoms with Crippen LogP contribution in [0.15, 0.2) is 48.5 Å². The van der Waals surface area contributed by atoms with E-state index >= 15 is 0 Å². The Hall–Kier alpha value is -3.46. The van der Waals surface area contributed by atoms with Crippen LogP contribution in [0.25, 0.3) is 0 Å². The molecule has 122 valence electrons. The maximum absolute atomic E-state index is 12.7. The Morgan fingerprint density at radius 2 is 1.68 bits per heavy atom. The van der Waals surface area contributed by atoms with Gasteiger partial charge in [-0.1, -0.05) is 29.3 Å². The number of carbonyl (C=O) groups excluding carboxylic acids is 3. The van der Waals surface area contributed by atoms with Gasteiger partial charge in [0.25, 0.3) is 11.8 Å². The molecule has 0 N–H and O–H groups in total. The van der Waals surface area contributed by atoms with Crippen LogP contribution >= 0.6 is 0 Å². The summed E-state index contributed by atoms with van der Waals surface area (Å²) in [6.45, 7) is 0. The summed E-state index contributed by atoms with van der Waals surface area (Å²) in [5, 5.41) is 9.55. The van der Waals surface area contributed by atoms with Gasteiger partial charge in [0, 0.05) is 0 Å². The number of benzene rings is 2. The monoisotopic (exact) mass is 332 g/mol. The van der Waals surface area contributed by atoms with Crippen LogP contribution in [0.5, 0.6) is 0 Å². The highest BCUT2D eigenvalue weighted by Gasteiger charge is 2.55. The van der Waals surface area contributed by atoms with E-state index in [2.05, 4.69) is 0 Å². The van der Waals surface area contributed by atoms with Gasteiger partial charge in [0.05, 0.1) is 28.2 Å². The summed E-state index contributed by atoms with van der Waals surface area (Å²) in [5.74, 6) is -1.94. The van der Waals surface area contributed by atoms with Crippen LogP contribution in [0.4, 0.5) is 0 Å². The predicted molar refractivity (Wildman–Crippen MR) is 85.1 cm³/mol. The fraction of sp³-hybridized carbons (Fsp3) is 0.158. The van der Waals surface area contributed by atoms with Crippen LogP contribution in [0.3, 0.4) is 0 Å². The van der Waals surface area contributed by atoms with E-state index in [1.165, 1.54) is 12.1 Å². The zero-order valence-corrected chi connectivity index (χ0v) is 13.1. The maximum atomic E-state index is 12.7. The van der Waals surface area contributed by atoms with Crippen molar-refractivity contribution in [1.82, 2.24) is 5.06 Å². The van der Waals surface area contributed by atoms with Crippen molar-refractivity contribution in [1.29, 1.82) is 5.26 Å². The molecule has 2 amide bonds. The van der Waals surface area contributed by atoms with Crippen molar-refractivity contribution >= 4 is 17.8 Å². The Labute approximate surface area is 143 Å². The molecular weight excluding hydrogens is 320 g/mol. The van der Waals surface area contributed by atoms with E-state index in [0.29, 0.717) is 29.0 Å². The highest BCUT2D eigenvalue weighted by Crippen LogP contribution is 2.49. The van der Waals surface area contributed by atoms with Crippen molar-refractivity contribution in [2.75, 3.05) is 0 Å². The van der Waals surface area contributed by atoms with Gasteiger partial charge in [0.1, 0.15) is 0 Å². The molecule has 1 fully saturated rings. The first kappa shape index (κ1) is 15.1. The summed E-state index contributed by atoms with van der Waals surface area (Å²) in [7, 11) is 0. The molecule has 0 saturated heterocycles. The molecule has 0 unspecified atom stereocenters. The SMILES string of the molecule is N#Cc1cccc(C2(C(=O)ON3C(=O)c4ccccc4C3=O)CC2)c1. The lowest BCUT2D eigenvalue weighted by atomic mass is 9.95. The van der Waals surface area contributed by atoms with Crippen LogP contribution in [0.1, 0.15) is 44.7 Å². The van der Waals surface area contributed by atoms with Gasteiger partial charge < -0.3 is 4.84 Å². The molecule has 2 aliphatic rings. The summed E-state index contributed by atoms with van der Waals surface area (Å²) >= 11 is 0. The smallest absolute Gasteiger partial charge is 0.329 e. The van der Waals surface area contributed by atoms with Gasteiger partial charge in [-0.25, -0.2) is 4.79 Å². The van der Waals surface area contributed by atoms with Crippen LogP contribution in [0, 0.1) is 11.3 Å². The first-order valence-corrected chi connectivity index (χ1v) is 7.78. The van der Waals surface area contributed by atoms with Gasteiger partial charge in [0.15, 0.2) is 0 Å². The Bertz CT molecular complexity index is 934. The van der Waals surface area contributed by atoms with E-state index in [0.717, 1.165) is 0 Å². The van der Waals surface area contributed by atoms with Gasteiger partial charge >= 0.3 is 5.97 Å². The molecule has 1 aliphatic heterocycles. The average molecular weight is 332 g/mol. The number of amides is 2. The molecule has 4 rings (SSSR count). The maximum Gasteiger partial charge on any atom is 0.343 e. The third kappa shape index (κ3) is 2.21. The molecule has 0 atom stereocenters. The molecule has 6 heteroatoms. The largest absolute Gasteiger partial charge is 0.343 e. The quantitative estimate of drug-likeness (QED) is 0.805. The predicted octanol–water partition coefficient (Wildman–Crippen LogP) is 2.34. The zero-order chi connectivity index (χ0) is 17.6. The minimum atomic E-state index is -0.901. The van der Waals surface area contributed by atoms with E-state index in [-0.39, 0.29) is 11.1 Å². The first-order valence-electron chi connectivity index (χ1n) is 7.78. The number of hydrogen-bond donors (Lipinski definition) is 0. The number of carbonyl (C=O) groups is 3. The summed E-state index contributed by atoms with van der Waals surface area (Å²) in [6.07, 6.45) is 1.09. The highest BCUT2D eigenvalue weighted by molar-refractivity contribution is 6.21. The van der Waals surface area contributed by atoms with Crippen molar-refractivity contribution in [2.45, 2.75) is 18.3 Å². The fourth-order valence-corrected chi connectivity index (χ4v) is 3.04. The number of nitriles is 1. The van der Waals surface area contributed by atoms with Crippen molar-refractivity contribution in [2.24, 2.45) is 0 Å². The van der Waals surface area contributed by atoms with Crippen molar-refractivity contribution in [3.63, 3.8) is 0 Å². The molecule has 0 spiro atoms. The Kier molecular flexibility index (Phi) is 3.19. The number of nitrogens with zero attached hydrogens (tertiary/aromatic N) is 2. The minimum absolute atomic E-state index is 0.219. The molecule has 0 radical (unpaired) electrons. The van der Waals surface area contributed by atoms with Gasteiger partial charge in [-0.3, -0.25) is 9.59 Å². The second kappa shape index (κ2) is 5.28. The summed E-state index contributed by atoms with van der Waals surface area (Å²) in [4.78, 5) is 42.5. The molecule has 1 aliphatic carbocycles. The number of rotatable bonds is 3. The standard InChI is InChI=1S/C19H12N2O4/c20-11-12-4-3-5-13(10-12)19(8-9-19)18(24)25-21-16(22)14-6-1-2-7-15(14)17(21)23/h1-7,10H,8-9H2. The Balaban J connectivity index is 1.60. The summed E-state index contributed by atoms with van der Waals surface area (Å²) < 4.78 is 0. The fourth-order valence-electron chi connectivity index (χ4n) is 3.04. The molecule has 1 heterocycles. The number of imide groups is 1. The van der Waals surface area contributed by atoms with E-state index in [1.54, 1.807) is 36.4 Å². The third-order valence-corrected chi connectivity index (χ3v) is 4.62. The Morgan fingerprint density at radius 1 is 1.04 bits per heavy atom. The average Bonchev–Trinajstić information content (AvgIpc) is 3.43. The number of hydrogen-bond acceptors (Lipinski definition) is 5. The number of fused-ring (bicyclic) bond motifs is 1. The van der Waals surface area contributed by atoms with E-state index in [4.69, 9.17) is 10.1 Å². The van der Waals surface area contributed by atoms with Crippen molar-refractivity contribution in [3.05, 3.63) is 70.8 Å². The highest BCUT2D eigenvalue weighted by atomic mass is 16.7. The summed E-state index contributed by atoms with van der Waals surface area (Å²) in [5.41, 5.74) is 0.640. The lowest BCUT2D eigenvalue weighted by Crippen LogP contribution is -2.37. The van der Waals surface area contributed by atoms with E-state index < -0.39 is 23.2 Å². The lowest BCUT2D eigenvalue weighted by Gasteiger charge is -2.18. The molecule has 25 heavy (non-hydrogen) atoms. The van der Waals surface area contributed by atoms with Gasteiger partial charge in [-0.2, -0.15) is 5.26 Å². The van der Waals surface area contributed by atoms with Gasteiger partial charge in [-0.15, -0.1) is 0 Å². The van der Waals surface area contributed by atoms with Crippen molar-refractivity contribution < 1.29 is 19.2 Å². The molecule has 2 aromatic carbocycles. The topological polar surface area (TPSA) is 87.5 Å². The molecular formula is C19H12N2O4. The van der Waals surface area contributed by atoms with Crippen LogP contribution in [-0.2, 0) is 15.0 Å². The lowest BCUT2D eigenvalue weighted by molar-refractivity contribution is -0.171. The molecule has 6 nitrogen and oxygen atoms in total. The zero-order valence-electron chi connectivity index (χ0n) is 13.1. The van der Waals surface area contributed by atoms with Crippen LogP contribution in [0.2, 0.25) is 0 Å². The van der Waals surface area contributed by atoms with Crippen LogP contribution in [-0.4, -0.2) is 22.8 Å². The molecule has 0 aromatic heterocycles. The van der Waals surface area contributed by atoms with E-state index in [9.17, 15) is 14.4 Å². The second-order valence-corrected chi connectivity index (χ2v) is 6.10. The molecule has 1 saturated carbocycles. The number of hydroxylamine groups is 2. The van der Waals surface area contributed by atoms with Crippen molar-refractivity contribution in [3.8, 4) is 6.07 Å². The minimum Gasteiger partial charge on any atom is -0.329 e. The normalized spacial score (nSPS) is 17.0. The molecule has 2 aromatic rings. The third-order valence-electron chi connectivity index (χ3n) is 4.62. The molecule has 0 bridgehead atoms.